The highest BCUT2D eigenvalue weighted by Crippen LogP contribution is 2.29. The Morgan fingerprint density at radius 2 is 1.71 bits per heavy atom. The van der Waals surface area contributed by atoms with Gasteiger partial charge in [0.15, 0.2) is 11.0 Å². The van der Waals surface area contributed by atoms with Gasteiger partial charge in [0.2, 0.25) is 0 Å². The van der Waals surface area contributed by atoms with Gasteiger partial charge in [0.05, 0.1) is 18.6 Å². The molecule has 1 N–H and O–H groups in total. The molecule has 0 aliphatic rings. The van der Waals surface area contributed by atoms with Crippen LogP contribution in [-0.4, -0.2) is 39.2 Å². The number of carbonyl (C=O) groups excluding carboxylic acids is 1. The third kappa shape index (κ3) is 6.17. The number of thioether (sulfide) groups is 1. The Balaban J connectivity index is 1.53. The monoisotopic (exact) mass is 549 g/mol. The van der Waals surface area contributed by atoms with Gasteiger partial charge >= 0.3 is 0 Å². The number of hydrazone groups is 1. The molecule has 7 nitrogen and oxygen atoms in total. The average Bonchev–Trinajstić information content (AvgIpc) is 3.31. The van der Waals surface area contributed by atoms with Crippen molar-refractivity contribution in [2.45, 2.75) is 19.0 Å². The summed E-state index contributed by atoms with van der Waals surface area (Å²) in [5, 5.41) is 13.7. The van der Waals surface area contributed by atoms with E-state index >= 15 is 0 Å². The van der Waals surface area contributed by atoms with Gasteiger partial charge < -0.3 is 4.74 Å². The molecule has 4 aromatic rings. The van der Waals surface area contributed by atoms with E-state index in [0.29, 0.717) is 11.0 Å². The SMILES string of the molecule is COc1ccc(-c2nnc(SCC(=O)N/N=C(/C)c3ccc(Br)cc3)n2-c2ccc(C)cc2)cc1. The third-order valence-corrected chi connectivity index (χ3v) is 6.67. The largest absolute Gasteiger partial charge is 0.497 e. The summed E-state index contributed by atoms with van der Waals surface area (Å²) in [5.41, 5.74) is 7.25. The minimum Gasteiger partial charge on any atom is -0.497 e. The summed E-state index contributed by atoms with van der Waals surface area (Å²) in [6, 6.07) is 23.5. The van der Waals surface area contributed by atoms with Gasteiger partial charge in [0.25, 0.3) is 5.91 Å². The maximum absolute atomic E-state index is 12.5. The van der Waals surface area contributed by atoms with Crippen LogP contribution in [0.4, 0.5) is 0 Å². The summed E-state index contributed by atoms with van der Waals surface area (Å²) in [7, 11) is 1.63. The number of rotatable bonds is 8. The fourth-order valence-corrected chi connectivity index (χ4v) is 4.29. The third-order valence-electron chi connectivity index (χ3n) is 5.22. The van der Waals surface area contributed by atoms with Crippen molar-refractivity contribution < 1.29 is 9.53 Å². The number of benzene rings is 3. The zero-order valence-electron chi connectivity index (χ0n) is 19.5. The topological polar surface area (TPSA) is 81.4 Å². The minimum atomic E-state index is -0.226. The Hall–Kier alpha value is -3.43. The molecule has 35 heavy (non-hydrogen) atoms. The van der Waals surface area contributed by atoms with Gasteiger partial charge in [-0.15, -0.1) is 10.2 Å². The highest BCUT2D eigenvalue weighted by molar-refractivity contribution is 9.10. The lowest BCUT2D eigenvalue weighted by Gasteiger charge is -2.11. The molecule has 0 atom stereocenters. The number of aromatic nitrogens is 3. The van der Waals surface area contributed by atoms with Crippen LogP contribution in [0.2, 0.25) is 0 Å². The first-order valence-electron chi connectivity index (χ1n) is 10.8. The number of hydrogen-bond acceptors (Lipinski definition) is 6. The van der Waals surface area contributed by atoms with E-state index in [1.54, 1.807) is 7.11 Å². The van der Waals surface area contributed by atoms with Crippen molar-refractivity contribution in [3.63, 3.8) is 0 Å². The molecule has 0 saturated carbocycles. The molecule has 0 unspecified atom stereocenters. The molecule has 0 spiro atoms. The molecule has 1 amide bonds. The molecule has 9 heteroatoms. The Labute approximate surface area is 216 Å². The lowest BCUT2D eigenvalue weighted by Crippen LogP contribution is -2.21. The van der Waals surface area contributed by atoms with Gasteiger partial charge in [0.1, 0.15) is 5.75 Å². The quantitative estimate of drug-likeness (QED) is 0.174. The number of carbonyl (C=O) groups is 1. The number of nitrogens with zero attached hydrogens (tertiary/aromatic N) is 4. The number of aryl methyl sites for hydroxylation is 1. The molecule has 4 rings (SSSR count). The van der Waals surface area contributed by atoms with Crippen molar-refractivity contribution in [2.24, 2.45) is 5.10 Å². The van der Waals surface area contributed by atoms with Gasteiger partial charge in [-0.1, -0.05) is 57.5 Å². The smallest absolute Gasteiger partial charge is 0.250 e. The van der Waals surface area contributed by atoms with Crippen LogP contribution in [0.5, 0.6) is 5.75 Å². The molecule has 0 aliphatic heterocycles. The Bertz CT molecular complexity index is 1330. The summed E-state index contributed by atoms with van der Waals surface area (Å²) in [5.74, 6) is 1.36. The summed E-state index contributed by atoms with van der Waals surface area (Å²) >= 11 is 4.72. The average molecular weight is 550 g/mol. The van der Waals surface area contributed by atoms with Crippen molar-refractivity contribution >= 4 is 39.3 Å². The van der Waals surface area contributed by atoms with Crippen LogP contribution in [0.15, 0.2) is 87.5 Å². The molecular formula is C26H24BrN5O2S. The van der Waals surface area contributed by atoms with Crippen molar-refractivity contribution in [3.8, 4) is 22.8 Å². The van der Waals surface area contributed by atoms with E-state index in [-0.39, 0.29) is 11.7 Å². The molecular weight excluding hydrogens is 526 g/mol. The van der Waals surface area contributed by atoms with E-state index in [4.69, 9.17) is 4.74 Å². The number of methoxy groups -OCH3 is 1. The fourth-order valence-electron chi connectivity index (χ4n) is 3.28. The second-order valence-corrected chi connectivity index (χ2v) is 9.59. The summed E-state index contributed by atoms with van der Waals surface area (Å²) in [6.45, 7) is 3.89. The van der Waals surface area contributed by atoms with Crippen LogP contribution in [0.25, 0.3) is 17.1 Å². The standard InChI is InChI=1S/C26H24BrN5O2S/c1-17-4-12-22(13-5-17)32-25(20-8-14-23(34-3)15-9-20)30-31-26(32)35-16-24(33)29-28-18(2)19-6-10-21(27)11-7-19/h4-15H,16H2,1-3H3,(H,29,33)/b28-18-. The van der Waals surface area contributed by atoms with Crippen LogP contribution >= 0.6 is 27.7 Å². The van der Waals surface area contributed by atoms with Crippen molar-refractivity contribution in [3.05, 3.63) is 88.4 Å². The predicted molar refractivity (Wildman–Crippen MR) is 143 cm³/mol. The van der Waals surface area contributed by atoms with E-state index in [1.807, 2.05) is 91.2 Å². The number of amides is 1. The van der Waals surface area contributed by atoms with Crippen molar-refractivity contribution in [1.29, 1.82) is 0 Å². The molecule has 178 valence electrons. The van der Waals surface area contributed by atoms with E-state index in [1.165, 1.54) is 11.8 Å². The molecule has 0 saturated heterocycles. The predicted octanol–water partition coefficient (Wildman–Crippen LogP) is 5.65. The molecule has 0 aliphatic carbocycles. The molecule has 0 fully saturated rings. The van der Waals surface area contributed by atoms with E-state index in [2.05, 4.69) is 36.7 Å². The second-order valence-electron chi connectivity index (χ2n) is 7.73. The maximum atomic E-state index is 12.5. The number of halogens is 1. The molecule has 1 heterocycles. The number of hydrogen-bond donors (Lipinski definition) is 1. The van der Waals surface area contributed by atoms with Crippen LogP contribution < -0.4 is 10.2 Å². The summed E-state index contributed by atoms with van der Waals surface area (Å²) < 4.78 is 8.21. The molecule has 0 bridgehead atoms. The van der Waals surface area contributed by atoms with Crippen LogP contribution in [0.1, 0.15) is 18.1 Å². The van der Waals surface area contributed by atoms with Crippen molar-refractivity contribution in [2.75, 3.05) is 12.9 Å². The molecule has 3 aromatic carbocycles. The first-order valence-corrected chi connectivity index (χ1v) is 12.6. The minimum absolute atomic E-state index is 0.143. The first-order chi connectivity index (χ1) is 16.9. The summed E-state index contributed by atoms with van der Waals surface area (Å²) in [6.07, 6.45) is 0. The van der Waals surface area contributed by atoms with Crippen LogP contribution in [-0.2, 0) is 4.79 Å². The Morgan fingerprint density at radius 1 is 1.03 bits per heavy atom. The first kappa shape index (κ1) is 24.7. The summed E-state index contributed by atoms with van der Waals surface area (Å²) in [4.78, 5) is 12.5. The van der Waals surface area contributed by atoms with Crippen LogP contribution in [0.3, 0.4) is 0 Å². The van der Waals surface area contributed by atoms with Gasteiger partial charge in [-0.2, -0.15) is 5.10 Å². The maximum Gasteiger partial charge on any atom is 0.250 e. The van der Waals surface area contributed by atoms with Gasteiger partial charge in [-0.25, -0.2) is 5.43 Å². The van der Waals surface area contributed by atoms with Gasteiger partial charge in [-0.3, -0.25) is 9.36 Å². The van der Waals surface area contributed by atoms with Crippen LogP contribution in [0, 0.1) is 6.92 Å². The van der Waals surface area contributed by atoms with Gasteiger partial charge in [-0.05, 0) is 67.9 Å². The lowest BCUT2D eigenvalue weighted by atomic mass is 10.1. The highest BCUT2D eigenvalue weighted by Gasteiger charge is 2.17. The zero-order chi connectivity index (χ0) is 24.8. The molecule has 0 radical (unpaired) electrons. The Kier molecular flexibility index (Phi) is 7.99. The lowest BCUT2D eigenvalue weighted by molar-refractivity contribution is -0.118. The van der Waals surface area contributed by atoms with Crippen molar-refractivity contribution in [1.82, 2.24) is 20.2 Å². The number of ether oxygens (including phenoxy) is 1. The second kappa shape index (κ2) is 11.3. The highest BCUT2D eigenvalue weighted by atomic mass is 79.9. The molecule has 1 aromatic heterocycles. The number of nitrogens with one attached hydrogen (secondary N) is 1. The fraction of sp³-hybridized carbons (Fsp3) is 0.154. The van der Waals surface area contributed by atoms with E-state index in [9.17, 15) is 4.79 Å². The normalized spacial score (nSPS) is 11.4. The zero-order valence-corrected chi connectivity index (χ0v) is 21.9. The Morgan fingerprint density at radius 3 is 2.37 bits per heavy atom. The van der Waals surface area contributed by atoms with E-state index in [0.717, 1.165) is 38.3 Å². The van der Waals surface area contributed by atoms with Gasteiger partial charge in [0, 0.05) is 15.7 Å². The van der Waals surface area contributed by atoms with E-state index < -0.39 is 0 Å².